The van der Waals surface area contributed by atoms with Gasteiger partial charge in [0.05, 0.1) is 12.2 Å². The van der Waals surface area contributed by atoms with Gasteiger partial charge in [-0.3, -0.25) is 4.99 Å². The maximum atomic E-state index is 5.51. The average Bonchev–Trinajstić information content (AvgIpc) is 2.26. The molecule has 1 aliphatic rings. The number of amidine groups is 1. The molecule has 0 fully saturated rings. The monoisotopic (exact) mass is 188 g/mol. The Bertz CT molecular complexity index is 371. The number of nitrogens with zero attached hydrogens (tertiary/aromatic N) is 1. The van der Waals surface area contributed by atoms with Crippen molar-refractivity contribution in [1.29, 1.82) is 0 Å². The van der Waals surface area contributed by atoms with Crippen LogP contribution in [-0.4, -0.2) is 19.0 Å². The lowest BCUT2D eigenvalue weighted by atomic mass is 10.2. The second kappa shape index (κ2) is 3.96. The minimum Gasteiger partial charge on any atom is -0.484 e. The molecule has 1 N–H and O–H groups in total. The van der Waals surface area contributed by atoms with Crippen molar-refractivity contribution in [2.24, 2.45) is 4.99 Å². The van der Waals surface area contributed by atoms with Crippen molar-refractivity contribution in [3.05, 3.63) is 36.9 Å². The highest BCUT2D eigenvalue weighted by molar-refractivity contribution is 5.99. The largest absolute Gasteiger partial charge is 0.484 e. The van der Waals surface area contributed by atoms with Crippen molar-refractivity contribution in [1.82, 2.24) is 0 Å². The van der Waals surface area contributed by atoms with E-state index in [1.165, 1.54) is 0 Å². The van der Waals surface area contributed by atoms with Gasteiger partial charge >= 0.3 is 0 Å². The maximum absolute atomic E-state index is 5.51. The average molecular weight is 188 g/mol. The van der Waals surface area contributed by atoms with Crippen LogP contribution in [0.2, 0.25) is 0 Å². The first kappa shape index (κ1) is 8.81. The molecule has 0 saturated heterocycles. The van der Waals surface area contributed by atoms with E-state index in [2.05, 4.69) is 16.9 Å². The summed E-state index contributed by atoms with van der Waals surface area (Å²) in [5.41, 5.74) is 0.974. The normalized spacial score (nSPS) is 16.7. The van der Waals surface area contributed by atoms with E-state index >= 15 is 0 Å². The van der Waals surface area contributed by atoms with Crippen molar-refractivity contribution >= 4 is 11.5 Å². The van der Waals surface area contributed by atoms with E-state index in [1.54, 1.807) is 6.08 Å². The summed E-state index contributed by atoms with van der Waals surface area (Å²) in [6.45, 7) is 4.74. The molecule has 14 heavy (non-hydrogen) atoms. The minimum atomic E-state index is 0.505. The van der Waals surface area contributed by atoms with Gasteiger partial charge in [-0.2, -0.15) is 0 Å². The lowest BCUT2D eigenvalue weighted by molar-refractivity contribution is 0.372. The highest BCUT2D eigenvalue weighted by Crippen LogP contribution is 2.26. The second-order valence-corrected chi connectivity index (χ2v) is 2.99. The third-order valence-electron chi connectivity index (χ3n) is 1.94. The molecule has 0 saturated carbocycles. The fourth-order valence-electron chi connectivity index (χ4n) is 1.29. The van der Waals surface area contributed by atoms with Gasteiger partial charge in [-0.25, -0.2) is 0 Å². The molecule has 0 radical (unpaired) electrons. The van der Waals surface area contributed by atoms with Crippen LogP contribution >= 0.6 is 0 Å². The Labute approximate surface area is 83.1 Å². The van der Waals surface area contributed by atoms with Gasteiger partial charge < -0.3 is 10.1 Å². The summed E-state index contributed by atoms with van der Waals surface area (Å²) >= 11 is 0. The number of hydrogen-bond acceptors (Lipinski definition) is 2. The highest BCUT2D eigenvalue weighted by atomic mass is 16.5. The Kier molecular flexibility index (Phi) is 2.49. The number of ether oxygens (including phenoxy) is 1. The number of aliphatic imine (C=N–C) groups is 1. The van der Waals surface area contributed by atoms with Crippen molar-refractivity contribution in [2.75, 3.05) is 18.5 Å². The molecule has 0 amide bonds. The van der Waals surface area contributed by atoms with E-state index in [0.29, 0.717) is 13.2 Å². The zero-order valence-corrected chi connectivity index (χ0v) is 7.86. The molecule has 3 nitrogen and oxygen atoms in total. The zero-order chi connectivity index (χ0) is 9.80. The first-order valence-corrected chi connectivity index (χ1v) is 4.53. The summed E-state index contributed by atoms with van der Waals surface area (Å²) < 4.78 is 5.51. The van der Waals surface area contributed by atoms with Crippen LogP contribution in [-0.2, 0) is 0 Å². The van der Waals surface area contributed by atoms with Gasteiger partial charge in [0.2, 0.25) is 0 Å². The maximum Gasteiger partial charge on any atom is 0.146 e. The van der Waals surface area contributed by atoms with E-state index in [0.717, 1.165) is 17.3 Å². The molecule has 1 aromatic rings. The first-order chi connectivity index (χ1) is 6.90. The van der Waals surface area contributed by atoms with Crippen molar-refractivity contribution in [3.63, 3.8) is 0 Å². The molecule has 72 valence electrons. The molecular formula is C11H12N2O. The van der Waals surface area contributed by atoms with Crippen molar-refractivity contribution in [2.45, 2.75) is 0 Å². The van der Waals surface area contributed by atoms with Crippen LogP contribution in [0.5, 0.6) is 5.75 Å². The van der Waals surface area contributed by atoms with Crippen LogP contribution in [0.25, 0.3) is 0 Å². The van der Waals surface area contributed by atoms with Gasteiger partial charge in [0.15, 0.2) is 0 Å². The van der Waals surface area contributed by atoms with Gasteiger partial charge in [-0.05, 0) is 12.1 Å². The van der Waals surface area contributed by atoms with Gasteiger partial charge in [0, 0.05) is 0 Å². The fraction of sp³-hybridized carbons (Fsp3) is 0.182. The number of rotatable bonds is 2. The summed E-state index contributed by atoms with van der Waals surface area (Å²) in [4.78, 5) is 4.26. The summed E-state index contributed by atoms with van der Waals surface area (Å²) in [6, 6.07) is 7.82. The lowest BCUT2D eigenvalue weighted by Gasteiger charge is -2.20. The Hall–Kier alpha value is -1.77. The zero-order valence-electron chi connectivity index (χ0n) is 7.86. The first-order valence-electron chi connectivity index (χ1n) is 4.53. The van der Waals surface area contributed by atoms with Gasteiger partial charge in [0.1, 0.15) is 18.2 Å². The molecule has 0 spiro atoms. The summed E-state index contributed by atoms with van der Waals surface area (Å²) in [5.74, 6) is 1.73. The number of nitrogens with one attached hydrogen (secondary N) is 1. The smallest absolute Gasteiger partial charge is 0.146 e. The number of anilines is 1. The van der Waals surface area contributed by atoms with Crippen LogP contribution in [0.4, 0.5) is 5.69 Å². The quantitative estimate of drug-likeness (QED) is 0.721. The molecule has 3 heteroatoms. The topological polar surface area (TPSA) is 33.6 Å². The van der Waals surface area contributed by atoms with Gasteiger partial charge in [0.25, 0.3) is 0 Å². The van der Waals surface area contributed by atoms with Gasteiger partial charge in [-0.1, -0.05) is 18.2 Å². The van der Waals surface area contributed by atoms with Crippen LogP contribution in [0.3, 0.4) is 0 Å². The Morgan fingerprint density at radius 2 is 2.36 bits per heavy atom. The highest BCUT2D eigenvalue weighted by Gasteiger charge is 2.12. The Balaban J connectivity index is 2.17. The molecule has 1 aliphatic heterocycles. The number of hydrogen-bond donors (Lipinski definition) is 1. The molecule has 0 atom stereocenters. The Morgan fingerprint density at radius 3 is 3.21 bits per heavy atom. The predicted molar refractivity (Wildman–Crippen MR) is 58.1 cm³/mol. The van der Waals surface area contributed by atoms with Crippen LogP contribution in [0, 0.1) is 0 Å². The van der Waals surface area contributed by atoms with Crippen molar-refractivity contribution < 1.29 is 4.74 Å². The molecule has 0 aliphatic carbocycles. The molecule has 0 bridgehead atoms. The van der Waals surface area contributed by atoms with E-state index in [9.17, 15) is 0 Å². The van der Waals surface area contributed by atoms with Crippen LogP contribution in [0.1, 0.15) is 0 Å². The number of para-hydroxylation sites is 2. The van der Waals surface area contributed by atoms with Crippen molar-refractivity contribution in [3.8, 4) is 5.75 Å². The molecule has 1 aromatic carbocycles. The third kappa shape index (κ3) is 1.76. The van der Waals surface area contributed by atoms with Crippen LogP contribution in [0.15, 0.2) is 41.9 Å². The number of fused-ring (bicyclic) bond motifs is 1. The molecular weight excluding hydrogens is 176 g/mol. The fourth-order valence-corrected chi connectivity index (χ4v) is 1.29. The summed E-state index contributed by atoms with van der Waals surface area (Å²) in [5, 5.41) is 3.21. The SMILES string of the molecule is C=CCN=C1COc2ccccc2N1. The van der Waals surface area contributed by atoms with E-state index in [-0.39, 0.29) is 0 Å². The lowest BCUT2D eigenvalue weighted by Crippen LogP contribution is -2.26. The standard InChI is InChI=1S/C11H12N2O/c1-2-7-12-11-8-14-10-6-4-3-5-9(10)13-11/h2-6H,1,7-8H2,(H,12,13). The summed E-state index contributed by atoms with van der Waals surface area (Å²) in [6.07, 6.45) is 1.76. The van der Waals surface area contributed by atoms with Crippen LogP contribution < -0.4 is 10.1 Å². The van der Waals surface area contributed by atoms with E-state index in [1.807, 2.05) is 24.3 Å². The molecule has 0 unspecified atom stereocenters. The van der Waals surface area contributed by atoms with E-state index in [4.69, 9.17) is 4.74 Å². The summed E-state index contributed by atoms with van der Waals surface area (Å²) in [7, 11) is 0. The number of benzene rings is 1. The molecule has 1 heterocycles. The van der Waals surface area contributed by atoms with Gasteiger partial charge in [-0.15, -0.1) is 6.58 Å². The minimum absolute atomic E-state index is 0.505. The second-order valence-electron chi connectivity index (χ2n) is 2.99. The van der Waals surface area contributed by atoms with E-state index < -0.39 is 0 Å². The predicted octanol–water partition coefficient (Wildman–Crippen LogP) is 2.08. The molecule has 0 aromatic heterocycles. The third-order valence-corrected chi connectivity index (χ3v) is 1.94. The molecule has 2 rings (SSSR count). The Morgan fingerprint density at radius 1 is 1.50 bits per heavy atom.